The van der Waals surface area contributed by atoms with Gasteiger partial charge in [-0.1, -0.05) is 6.07 Å². The van der Waals surface area contributed by atoms with E-state index in [0.717, 1.165) is 67.2 Å². The van der Waals surface area contributed by atoms with Crippen LogP contribution in [0.4, 0.5) is 0 Å². The Bertz CT molecular complexity index is 1170. The van der Waals surface area contributed by atoms with Crippen molar-refractivity contribution in [1.82, 2.24) is 14.8 Å². The normalized spacial score (nSPS) is 16.3. The highest BCUT2D eigenvalue weighted by Crippen LogP contribution is 2.30. The highest BCUT2D eigenvalue weighted by atomic mass is 35.5. The van der Waals surface area contributed by atoms with Gasteiger partial charge in [-0.2, -0.15) is 0 Å². The maximum atomic E-state index is 12.5. The predicted molar refractivity (Wildman–Crippen MR) is 136 cm³/mol. The Balaban J connectivity index is 0.00000274. The summed E-state index contributed by atoms with van der Waals surface area (Å²) in [6.07, 6.45) is 2.21. The van der Waals surface area contributed by atoms with Gasteiger partial charge in [0, 0.05) is 37.1 Å². The van der Waals surface area contributed by atoms with Crippen LogP contribution in [-0.4, -0.2) is 55.5 Å². The molecule has 34 heavy (non-hydrogen) atoms. The number of likely N-dealkylation sites (tertiary alicyclic amines) is 1. The molecule has 0 spiro atoms. The lowest BCUT2D eigenvalue weighted by Gasteiger charge is -2.32. The van der Waals surface area contributed by atoms with Crippen molar-refractivity contribution in [3.8, 4) is 17.2 Å². The molecule has 5 rings (SSSR count). The molecule has 0 aliphatic carbocycles. The van der Waals surface area contributed by atoms with E-state index < -0.39 is 0 Å². The van der Waals surface area contributed by atoms with Crippen LogP contribution in [0.25, 0.3) is 10.9 Å². The third kappa shape index (κ3) is 5.49. The van der Waals surface area contributed by atoms with Crippen molar-refractivity contribution in [2.75, 3.05) is 40.0 Å². The van der Waals surface area contributed by atoms with Crippen LogP contribution in [0.2, 0.25) is 0 Å². The first-order valence-corrected chi connectivity index (χ1v) is 11.7. The van der Waals surface area contributed by atoms with E-state index in [-0.39, 0.29) is 18.0 Å². The van der Waals surface area contributed by atoms with E-state index in [9.17, 15) is 4.79 Å². The highest BCUT2D eigenvalue weighted by molar-refractivity contribution is 5.85. The van der Waals surface area contributed by atoms with E-state index in [2.05, 4.69) is 22.3 Å². The number of methoxy groups -OCH3 is 1. The third-order valence-electron chi connectivity index (χ3n) is 6.63. The zero-order valence-electron chi connectivity index (χ0n) is 19.5. The number of benzene rings is 2. The number of fused-ring (bicyclic) bond motifs is 2. The maximum Gasteiger partial charge on any atom is 0.251 e. The van der Waals surface area contributed by atoms with Gasteiger partial charge in [-0.05, 0) is 67.9 Å². The van der Waals surface area contributed by atoms with Crippen LogP contribution in [0.1, 0.15) is 18.4 Å². The summed E-state index contributed by atoms with van der Waals surface area (Å²) in [5.41, 5.74) is 2.22. The molecule has 0 unspecified atom stereocenters. The van der Waals surface area contributed by atoms with Gasteiger partial charge >= 0.3 is 0 Å². The molecule has 1 aromatic heterocycles. The quantitative estimate of drug-likeness (QED) is 0.553. The van der Waals surface area contributed by atoms with Crippen LogP contribution in [-0.2, 0) is 13.1 Å². The Morgan fingerprint density at radius 3 is 2.56 bits per heavy atom. The van der Waals surface area contributed by atoms with Gasteiger partial charge in [0.25, 0.3) is 5.56 Å². The second kappa shape index (κ2) is 11.1. The maximum absolute atomic E-state index is 12.5. The summed E-state index contributed by atoms with van der Waals surface area (Å²) in [6.45, 7) is 5.70. The number of halogens is 1. The number of hydrogen-bond donors (Lipinski definition) is 1. The van der Waals surface area contributed by atoms with Crippen molar-refractivity contribution >= 4 is 23.3 Å². The molecule has 0 amide bonds. The molecule has 2 aromatic carbocycles. The van der Waals surface area contributed by atoms with Crippen LogP contribution in [0.5, 0.6) is 17.2 Å². The minimum atomic E-state index is 0. The van der Waals surface area contributed by atoms with Gasteiger partial charge in [-0.25, -0.2) is 0 Å². The van der Waals surface area contributed by atoms with Crippen molar-refractivity contribution in [1.29, 1.82) is 0 Å². The molecule has 0 bridgehead atoms. The van der Waals surface area contributed by atoms with E-state index in [1.165, 1.54) is 5.56 Å². The van der Waals surface area contributed by atoms with Gasteiger partial charge in [-0.15, -0.1) is 12.4 Å². The Hall–Kier alpha value is -2.74. The van der Waals surface area contributed by atoms with Crippen LogP contribution in [0, 0.1) is 0 Å². The monoisotopic (exact) mass is 485 g/mol. The number of piperidine rings is 1. The molecule has 7 nitrogen and oxygen atoms in total. The number of nitrogens with zero attached hydrogens (tertiary/aromatic N) is 2. The van der Waals surface area contributed by atoms with Crippen molar-refractivity contribution < 1.29 is 14.2 Å². The molecular formula is C26H32ClN3O4. The molecule has 2 aliphatic rings. The van der Waals surface area contributed by atoms with E-state index >= 15 is 0 Å². The zero-order valence-corrected chi connectivity index (χ0v) is 20.3. The first-order chi connectivity index (χ1) is 16.2. The minimum Gasteiger partial charge on any atom is -0.497 e. The van der Waals surface area contributed by atoms with Crippen molar-refractivity contribution in [3.63, 3.8) is 0 Å². The lowest BCUT2D eigenvalue weighted by molar-refractivity contribution is 0.171. The van der Waals surface area contributed by atoms with Gasteiger partial charge in [0.15, 0.2) is 11.5 Å². The molecule has 3 heterocycles. The number of nitrogens with one attached hydrogen (secondary N) is 1. The fourth-order valence-electron chi connectivity index (χ4n) is 4.70. The topological polar surface area (TPSA) is 65.0 Å². The summed E-state index contributed by atoms with van der Waals surface area (Å²) in [4.78, 5) is 15.0. The van der Waals surface area contributed by atoms with Gasteiger partial charge in [0.1, 0.15) is 19.0 Å². The average Bonchev–Trinajstić information content (AvgIpc) is 2.87. The van der Waals surface area contributed by atoms with Crippen LogP contribution >= 0.6 is 12.4 Å². The molecule has 1 saturated heterocycles. The third-order valence-corrected chi connectivity index (χ3v) is 6.63. The Morgan fingerprint density at radius 1 is 0.971 bits per heavy atom. The largest absolute Gasteiger partial charge is 0.497 e. The number of ether oxygens (including phenoxy) is 3. The van der Waals surface area contributed by atoms with Crippen molar-refractivity contribution in [2.45, 2.75) is 32.0 Å². The summed E-state index contributed by atoms with van der Waals surface area (Å²) < 4.78 is 18.5. The number of aromatic nitrogens is 1. The van der Waals surface area contributed by atoms with Crippen molar-refractivity contribution in [3.05, 3.63) is 64.4 Å². The van der Waals surface area contributed by atoms with Crippen LogP contribution in [0.3, 0.4) is 0 Å². The first kappa shape index (κ1) is 24.4. The van der Waals surface area contributed by atoms with E-state index in [0.29, 0.717) is 25.8 Å². The van der Waals surface area contributed by atoms with Gasteiger partial charge in [0.2, 0.25) is 0 Å². The molecule has 182 valence electrons. The molecule has 2 aliphatic heterocycles. The summed E-state index contributed by atoms with van der Waals surface area (Å²) in [5, 5.41) is 4.72. The van der Waals surface area contributed by atoms with Gasteiger partial charge < -0.3 is 29.0 Å². The molecule has 8 heteroatoms. The average molecular weight is 486 g/mol. The Labute approximate surface area is 206 Å². The molecule has 1 fully saturated rings. The van der Waals surface area contributed by atoms with E-state index in [1.54, 1.807) is 13.2 Å². The van der Waals surface area contributed by atoms with E-state index in [1.807, 2.05) is 34.9 Å². The molecule has 0 saturated carbocycles. The summed E-state index contributed by atoms with van der Waals surface area (Å²) in [5.74, 6) is 2.48. The predicted octanol–water partition coefficient (Wildman–Crippen LogP) is 3.46. The lowest BCUT2D eigenvalue weighted by atomic mass is 10.0. The van der Waals surface area contributed by atoms with Crippen molar-refractivity contribution in [2.24, 2.45) is 0 Å². The molecule has 1 N–H and O–H groups in total. The molecule has 0 radical (unpaired) electrons. The number of rotatable bonds is 7. The van der Waals surface area contributed by atoms with Gasteiger partial charge in [0.05, 0.1) is 12.6 Å². The van der Waals surface area contributed by atoms with Gasteiger partial charge in [-0.3, -0.25) is 4.79 Å². The van der Waals surface area contributed by atoms with Crippen LogP contribution < -0.4 is 25.1 Å². The molecule has 3 aromatic rings. The Morgan fingerprint density at radius 2 is 1.76 bits per heavy atom. The molecular weight excluding hydrogens is 454 g/mol. The highest BCUT2D eigenvalue weighted by Gasteiger charge is 2.19. The lowest BCUT2D eigenvalue weighted by Crippen LogP contribution is -2.43. The zero-order chi connectivity index (χ0) is 22.6. The first-order valence-electron chi connectivity index (χ1n) is 11.7. The number of pyridine rings is 1. The Kier molecular flexibility index (Phi) is 7.98. The fraction of sp³-hybridized carbons (Fsp3) is 0.423. The van der Waals surface area contributed by atoms with E-state index in [4.69, 9.17) is 14.2 Å². The summed E-state index contributed by atoms with van der Waals surface area (Å²) in [7, 11) is 1.66. The standard InChI is InChI=1S/C26H31N3O4.ClH/c1-31-22-4-5-23-20(17-22)3-7-26(30)29(23)13-12-28-10-8-21(9-11-28)27-18-19-2-6-24-25(16-19)33-15-14-32-24;/h2-7,16-17,21,27H,8-15,18H2,1H3;1H. The minimum absolute atomic E-state index is 0. The smallest absolute Gasteiger partial charge is 0.251 e. The molecule has 0 atom stereocenters. The van der Waals surface area contributed by atoms with Crippen LogP contribution in [0.15, 0.2) is 53.3 Å². The number of hydrogen-bond acceptors (Lipinski definition) is 6. The second-order valence-corrected chi connectivity index (χ2v) is 8.72. The SMILES string of the molecule is COc1ccc2c(ccc(=O)n2CCN2CCC(NCc3ccc4c(c3)OCCO4)CC2)c1.Cl. The summed E-state index contributed by atoms with van der Waals surface area (Å²) in [6, 6.07) is 16.1. The summed E-state index contributed by atoms with van der Waals surface area (Å²) >= 11 is 0. The second-order valence-electron chi connectivity index (χ2n) is 8.72. The fourth-order valence-corrected chi connectivity index (χ4v) is 4.70.